The number of benzene rings is 1. The highest BCUT2D eigenvalue weighted by atomic mass is 79.9. The molecule has 3 aromatic rings. The molecule has 0 aliphatic rings. The van der Waals surface area contributed by atoms with Crippen LogP contribution in [0.4, 0.5) is 0 Å². The molecular weight excluding hydrogens is 276 g/mol. The fraction of sp³-hybridized carbons (Fsp3) is 0.0714. The molecule has 0 spiro atoms. The molecule has 17 heavy (non-hydrogen) atoms. The molecule has 2 nitrogen and oxygen atoms in total. The second-order valence-electron chi connectivity index (χ2n) is 4.08. The average Bonchev–Trinajstić information content (AvgIpc) is 2.72. The summed E-state index contributed by atoms with van der Waals surface area (Å²) in [5, 5.41) is 0. The van der Waals surface area contributed by atoms with Crippen LogP contribution < -0.4 is 0 Å². The van der Waals surface area contributed by atoms with E-state index >= 15 is 0 Å². The number of pyridine rings is 1. The van der Waals surface area contributed by atoms with Crippen LogP contribution in [0.25, 0.3) is 16.9 Å². The number of halogens is 1. The normalized spacial score (nSPS) is 10.9. The largest absolute Gasteiger partial charge is 0.306 e. The minimum atomic E-state index is 0.973. The van der Waals surface area contributed by atoms with Crippen molar-refractivity contribution in [1.29, 1.82) is 0 Å². The Hall–Kier alpha value is -1.61. The first-order valence-electron chi connectivity index (χ1n) is 5.44. The zero-order chi connectivity index (χ0) is 11.8. The second-order valence-corrected chi connectivity index (χ2v) is 4.93. The SMILES string of the molecule is Cc1ccc2nc(-c3ccccc3Br)cn2c1. The highest BCUT2D eigenvalue weighted by molar-refractivity contribution is 9.10. The number of rotatable bonds is 1. The molecule has 0 radical (unpaired) electrons. The highest BCUT2D eigenvalue weighted by Gasteiger charge is 2.06. The zero-order valence-corrected chi connectivity index (χ0v) is 11.0. The van der Waals surface area contributed by atoms with Gasteiger partial charge in [0.2, 0.25) is 0 Å². The Bertz CT molecular complexity index is 686. The van der Waals surface area contributed by atoms with E-state index in [0.29, 0.717) is 0 Å². The van der Waals surface area contributed by atoms with Crippen molar-refractivity contribution >= 4 is 21.6 Å². The summed E-state index contributed by atoms with van der Waals surface area (Å²) in [5.41, 5.74) is 4.31. The van der Waals surface area contributed by atoms with E-state index in [2.05, 4.69) is 56.8 Å². The van der Waals surface area contributed by atoms with E-state index < -0.39 is 0 Å². The predicted octanol–water partition coefficient (Wildman–Crippen LogP) is 4.07. The van der Waals surface area contributed by atoms with Gasteiger partial charge in [-0.1, -0.05) is 40.2 Å². The molecule has 0 N–H and O–H groups in total. The summed E-state index contributed by atoms with van der Waals surface area (Å²) in [6.45, 7) is 2.08. The molecule has 0 saturated carbocycles. The topological polar surface area (TPSA) is 17.3 Å². The van der Waals surface area contributed by atoms with Gasteiger partial charge in [-0.2, -0.15) is 0 Å². The standard InChI is InChI=1S/C14H11BrN2/c1-10-6-7-14-16-13(9-17(14)8-10)11-4-2-3-5-12(11)15/h2-9H,1H3. The van der Waals surface area contributed by atoms with Crippen molar-refractivity contribution in [2.75, 3.05) is 0 Å². The number of aromatic nitrogens is 2. The van der Waals surface area contributed by atoms with Gasteiger partial charge in [0, 0.05) is 22.4 Å². The first kappa shape index (κ1) is 10.5. The van der Waals surface area contributed by atoms with Gasteiger partial charge in [0.05, 0.1) is 5.69 Å². The van der Waals surface area contributed by atoms with Gasteiger partial charge in [0.25, 0.3) is 0 Å². The smallest absolute Gasteiger partial charge is 0.137 e. The lowest BCUT2D eigenvalue weighted by Crippen LogP contribution is -1.82. The van der Waals surface area contributed by atoms with Gasteiger partial charge >= 0.3 is 0 Å². The van der Waals surface area contributed by atoms with Crippen molar-refractivity contribution < 1.29 is 0 Å². The first-order valence-corrected chi connectivity index (χ1v) is 6.23. The average molecular weight is 287 g/mol. The molecule has 0 aliphatic heterocycles. The number of fused-ring (bicyclic) bond motifs is 1. The summed E-state index contributed by atoms with van der Waals surface area (Å²) in [6.07, 6.45) is 4.14. The molecule has 84 valence electrons. The van der Waals surface area contributed by atoms with E-state index in [4.69, 9.17) is 0 Å². The van der Waals surface area contributed by atoms with Crippen molar-refractivity contribution in [3.05, 3.63) is 58.8 Å². The number of hydrogen-bond donors (Lipinski definition) is 0. The van der Waals surface area contributed by atoms with E-state index in [1.54, 1.807) is 0 Å². The van der Waals surface area contributed by atoms with Crippen molar-refractivity contribution in [2.45, 2.75) is 6.92 Å². The van der Waals surface area contributed by atoms with Gasteiger partial charge < -0.3 is 4.40 Å². The lowest BCUT2D eigenvalue weighted by Gasteiger charge is -1.98. The Morgan fingerprint density at radius 3 is 2.71 bits per heavy atom. The van der Waals surface area contributed by atoms with Crippen LogP contribution >= 0.6 is 15.9 Å². The maximum atomic E-state index is 4.62. The molecular formula is C14H11BrN2. The minimum Gasteiger partial charge on any atom is -0.306 e. The van der Waals surface area contributed by atoms with Gasteiger partial charge in [0.1, 0.15) is 5.65 Å². The lowest BCUT2D eigenvalue weighted by atomic mass is 10.2. The van der Waals surface area contributed by atoms with Crippen molar-refractivity contribution in [3.63, 3.8) is 0 Å². The number of imidazole rings is 1. The monoisotopic (exact) mass is 286 g/mol. The maximum Gasteiger partial charge on any atom is 0.137 e. The molecule has 0 aliphatic carbocycles. The fourth-order valence-electron chi connectivity index (χ4n) is 1.90. The van der Waals surface area contributed by atoms with Crippen LogP contribution in [0.1, 0.15) is 5.56 Å². The number of hydrogen-bond acceptors (Lipinski definition) is 1. The third kappa shape index (κ3) is 1.87. The van der Waals surface area contributed by atoms with Crippen LogP contribution in [0.5, 0.6) is 0 Å². The fourth-order valence-corrected chi connectivity index (χ4v) is 2.39. The first-order chi connectivity index (χ1) is 8.24. The second kappa shape index (κ2) is 4.00. The molecule has 0 unspecified atom stereocenters. The zero-order valence-electron chi connectivity index (χ0n) is 9.39. The molecule has 2 aromatic heterocycles. The summed E-state index contributed by atoms with van der Waals surface area (Å²) < 4.78 is 3.13. The molecule has 3 heteroatoms. The Balaban J connectivity index is 2.22. The van der Waals surface area contributed by atoms with Crippen LogP contribution in [0.2, 0.25) is 0 Å². The third-order valence-corrected chi connectivity index (χ3v) is 3.44. The van der Waals surface area contributed by atoms with E-state index in [1.165, 1.54) is 5.56 Å². The van der Waals surface area contributed by atoms with Gasteiger partial charge in [0.15, 0.2) is 0 Å². The highest BCUT2D eigenvalue weighted by Crippen LogP contribution is 2.27. The Kier molecular flexibility index (Phi) is 2.48. The van der Waals surface area contributed by atoms with Crippen LogP contribution in [0.3, 0.4) is 0 Å². The third-order valence-electron chi connectivity index (χ3n) is 2.75. The molecule has 0 bridgehead atoms. The van der Waals surface area contributed by atoms with Crippen molar-refractivity contribution in [2.24, 2.45) is 0 Å². The molecule has 0 atom stereocenters. The summed E-state index contributed by atoms with van der Waals surface area (Å²) in [6, 6.07) is 12.2. The number of nitrogens with zero attached hydrogens (tertiary/aromatic N) is 2. The van der Waals surface area contributed by atoms with Crippen molar-refractivity contribution in [1.82, 2.24) is 9.38 Å². The maximum absolute atomic E-state index is 4.62. The molecule has 0 saturated heterocycles. The van der Waals surface area contributed by atoms with Crippen LogP contribution in [-0.2, 0) is 0 Å². The van der Waals surface area contributed by atoms with Crippen LogP contribution in [-0.4, -0.2) is 9.38 Å². The summed E-state index contributed by atoms with van der Waals surface area (Å²) >= 11 is 3.56. The summed E-state index contributed by atoms with van der Waals surface area (Å²) in [4.78, 5) is 4.62. The van der Waals surface area contributed by atoms with Gasteiger partial charge in [-0.15, -0.1) is 0 Å². The van der Waals surface area contributed by atoms with Gasteiger partial charge in [-0.3, -0.25) is 0 Å². The molecule has 2 heterocycles. The number of aryl methyl sites for hydroxylation is 1. The quantitative estimate of drug-likeness (QED) is 0.659. The summed E-state index contributed by atoms with van der Waals surface area (Å²) in [7, 11) is 0. The summed E-state index contributed by atoms with van der Waals surface area (Å²) in [5.74, 6) is 0. The van der Waals surface area contributed by atoms with Gasteiger partial charge in [-0.25, -0.2) is 4.98 Å². The lowest BCUT2D eigenvalue weighted by molar-refractivity contribution is 1.16. The Morgan fingerprint density at radius 1 is 1.06 bits per heavy atom. The van der Waals surface area contributed by atoms with E-state index in [0.717, 1.165) is 21.4 Å². The molecule has 3 rings (SSSR count). The Morgan fingerprint density at radius 2 is 1.88 bits per heavy atom. The molecule has 0 amide bonds. The van der Waals surface area contributed by atoms with E-state index in [1.807, 2.05) is 24.3 Å². The van der Waals surface area contributed by atoms with E-state index in [9.17, 15) is 0 Å². The van der Waals surface area contributed by atoms with Gasteiger partial charge in [-0.05, 0) is 24.6 Å². The van der Waals surface area contributed by atoms with Crippen LogP contribution in [0, 0.1) is 6.92 Å². The molecule has 0 fully saturated rings. The molecule has 1 aromatic carbocycles. The predicted molar refractivity (Wildman–Crippen MR) is 73.1 cm³/mol. The minimum absolute atomic E-state index is 0.973. The van der Waals surface area contributed by atoms with Crippen LogP contribution in [0.15, 0.2) is 53.3 Å². The van der Waals surface area contributed by atoms with Crippen molar-refractivity contribution in [3.8, 4) is 11.3 Å². The van der Waals surface area contributed by atoms with E-state index in [-0.39, 0.29) is 0 Å². The Labute approximate surface area is 108 Å².